The molecule has 0 bridgehead atoms. The van der Waals surface area contributed by atoms with Crippen LogP contribution in [0.25, 0.3) is 0 Å². The molecule has 2 N–H and O–H groups in total. The van der Waals surface area contributed by atoms with E-state index in [-0.39, 0.29) is 18.4 Å². The predicted molar refractivity (Wildman–Crippen MR) is 49.6 cm³/mol. The van der Waals surface area contributed by atoms with Gasteiger partial charge in [0.25, 0.3) is 0 Å². The van der Waals surface area contributed by atoms with E-state index in [1.165, 1.54) is 14.2 Å². The summed E-state index contributed by atoms with van der Waals surface area (Å²) in [5.41, 5.74) is 0. The lowest BCUT2D eigenvalue weighted by Crippen LogP contribution is -2.46. The Morgan fingerprint density at radius 3 is 2.71 bits per heavy atom. The molecule has 1 atom stereocenters. The van der Waals surface area contributed by atoms with Crippen molar-refractivity contribution in [2.45, 2.75) is 18.6 Å². The number of aliphatic hydroxyl groups excluding tert-OH is 1. The first-order valence-electron chi connectivity index (χ1n) is 4.66. The van der Waals surface area contributed by atoms with Crippen LogP contribution in [-0.4, -0.2) is 44.2 Å². The zero-order chi connectivity index (χ0) is 10.6. The number of methoxy groups -OCH3 is 2. The molecule has 1 fully saturated rings. The summed E-state index contributed by atoms with van der Waals surface area (Å²) >= 11 is 0. The molecule has 1 heterocycles. The Bertz CT molecular complexity index is 203. The molecule has 0 radical (unpaired) electrons. The highest BCUT2D eigenvalue weighted by Gasteiger charge is 2.41. The minimum Gasteiger partial charge on any atom is -0.396 e. The summed E-state index contributed by atoms with van der Waals surface area (Å²) in [7, 11) is 3.06. The molecule has 0 aromatic rings. The zero-order valence-electron chi connectivity index (χ0n) is 8.58. The number of carbonyl (C=O) groups is 1. The number of nitrogens with one attached hydrogen (secondary N) is 1. The zero-order valence-corrected chi connectivity index (χ0v) is 8.58. The van der Waals surface area contributed by atoms with Crippen molar-refractivity contribution >= 4 is 5.91 Å². The van der Waals surface area contributed by atoms with Crippen molar-refractivity contribution < 1.29 is 19.4 Å². The lowest BCUT2D eigenvalue weighted by Gasteiger charge is -2.35. The van der Waals surface area contributed by atoms with Gasteiger partial charge in [-0.3, -0.25) is 4.79 Å². The fourth-order valence-corrected chi connectivity index (χ4v) is 1.80. The van der Waals surface area contributed by atoms with Crippen molar-refractivity contribution in [3.05, 3.63) is 0 Å². The van der Waals surface area contributed by atoms with Gasteiger partial charge in [-0.1, -0.05) is 0 Å². The van der Waals surface area contributed by atoms with Crippen LogP contribution in [0.1, 0.15) is 12.8 Å². The highest BCUT2D eigenvalue weighted by molar-refractivity contribution is 5.76. The Labute approximate surface area is 83.4 Å². The molecule has 5 nitrogen and oxygen atoms in total. The average molecular weight is 203 g/mol. The summed E-state index contributed by atoms with van der Waals surface area (Å²) in [4.78, 5) is 11.2. The molecule has 14 heavy (non-hydrogen) atoms. The molecule has 1 aliphatic heterocycles. The van der Waals surface area contributed by atoms with Crippen LogP contribution in [0.15, 0.2) is 0 Å². The van der Waals surface area contributed by atoms with Crippen LogP contribution in [-0.2, 0) is 14.3 Å². The number of hydrogen-bond acceptors (Lipinski definition) is 4. The summed E-state index contributed by atoms with van der Waals surface area (Å²) in [5, 5.41) is 11.9. The first kappa shape index (κ1) is 11.4. The third-order valence-corrected chi connectivity index (χ3v) is 2.78. The Hall–Kier alpha value is -0.650. The molecule has 5 heteroatoms. The topological polar surface area (TPSA) is 67.8 Å². The SMILES string of the molecule is COC1(OC)CCC(=O)NCC1CO. The summed E-state index contributed by atoms with van der Waals surface area (Å²) < 4.78 is 10.6. The highest BCUT2D eigenvalue weighted by Crippen LogP contribution is 2.29. The van der Waals surface area contributed by atoms with Gasteiger partial charge in [0.1, 0.15) is 0 Å². The van der Waals surface area contributed by atoms with Gasteiger partial charge >= 0.3 is 0 Å². The molecule has 1 unspecified atom stereocenters. The molecule has 1 saturated heterocycles. The molecule has 0 aromatic heterocycles. The Balaban J connectivity index is 2.81. The second-order valence-electron chi connectivity index (χ2n) is 3.40. The van der Waals surface area contributed by atoms with Gasteiger partial charge in [-0.05, 0) is 0 Å². The van der Waals surface area contributed by atoms with E-state index in [0.29, 0.717) is 19.4 Å². The first-order chi connectivity index (χ1) is 6.68. The van der Waals surface area contributed by atoms with E-state index in [1.54, 1.807) is 0 Å². The van der Waals surface area contributed by atoms with Gasteiger partial charge in [-0.2, -0.15) is 0 Å². The predicted octanol–water partition coefficient (Wildman–Crippen LogP) is -0.506. The van der Waals surface area contributed by atoms with Gasteiger partial charge in [0, 0.05) is 33.6 Å². The van der Waals surface area contributed by atoms with E-state index in [9.17, 15) is 9.90 Å². The summed E-state index contributed by atoms with van der Waals surface area (Å²) in [6.07, 6.45) is 0.829. The van der Waals surface area contributed by atoms with Crippen molar-refractivity contribution in [3.8, 4) is 0 Å². The van der Waals surface area contributed by atoms with E-state index >= 15 is 0 Å². The Morgan fingerprint density at radius 2 is 2.21 bits per heavy atom. The van der Waals surface area contributed by atoms with Crippen molar-refractivity contribution in [1.82, 2.24) is 5.32 Å². The largest absolute Gasteiger partial charge is 0.396 e. The van der Waals surface area contributed by atoms with Gasteiger partial charge in [0.15, 0.2) is 5.79 Å². The fraction of sp³-hybridized carbons (Fsp3) is 0.889. The van der Waals surface area contributed by atoms with Crippen molar-refractivity contribution in [2.75, 3.05) is 27.4 Å². The number of aliphatic hydroxyl groups is 1. The van der Waals surface area contributed by atoms with E-state index in [0.717, 1.165) is 0 Å². The van der Waals surface area contributed by atoms with Crippen molar-refractivity contribution in [1.29, 1.82) is 0 Å². The maximum Gasteiger partial charge on any atom is 0.220 e. The number of hydrogen-bond donors (Lipinski definition) is 2. The number of ether oxygens (including phenoxy) is 2. The molecular formula is C9H17NO4. The molecule has 0 aromatic carbocycles. The van der Waals surface area contributed by atoms with Crippen LogP contribution in [0.3, 0.4) is 0 Å². The third kappa shape index (κ3) is 2.05. The van der Waals surface area contributed by atoms with Crippen LogP contribution in [0, 0.1) is 5.92 Å². The third-order valence-electron chi connectivity index (χ3n) is 2.78. The van der Waals surface area contributed by atoms with Crippen LogP contribution in [0.2, 0.25) is 0 Å². The average Bonchev–Trinajstić information content (AvgIpc) is 2.38. The van der Waals surface area contributed by atoms with Crippen LogP contribution in [0.5, 0.6) is 0 Å². The normalized spacial score (nSPS) is 26.8. The lowest BCUT2D eigenvalue weighted by molar-refractivity contribution is -0.245. The molecule has 1 rings (SSSR count). The summed E-state index contributed by atoms with van der Waals surface area (Å²) in [6.45, 7) is 0.318. The highest BCUT2D eigenvalue weighted by atomic mass is 16.7. The number of carbonyl (C=O) groups excluding carboxylic acids is 1. The minimum atomic E-state index is -0.839. The smallest absolute Gasteiger partial charge is 0.220 e. The molecule has 82 valence electrons. The molecule has 0 aliphatic carbocycles. The van der Waals surface area contributed by atoms with Crippen molar-refractivity contribution in [2.24, 2.45) is 5.92 Å². The maximum atomic E-state index is 11.2. The van der Waals surface area contributed by atoms with Gasteiger partial charge < -0.3 is 19.9 Å². The standard InChI is InChI=1S/C9H17NO4/c1-13-9(14-2)4-3-8(12)10-5-7(9)6-11/h7,11H,3-6H2,1-2H3,(H,10,12). The summed E-state index contributed by atoms with van der Waals surface area (Å²) in [5.74, 6) is -1.09. The fourth-order valence-electron chi connectivity index (χ4n) is 1.80. The Kier molecular flexibility index (Phi) is 3.86. The van der Waals surface area contributed by atoms with Gasteiger partial charge in [-0.25, -0.2) is 0 Å². The minimum absolute atomic E-state index is 0.0283. The van der Waals surface area contributed by atoms with E-state index in [4.69, 9.17) is 9.47 Å². The van der Waals surface area contributed by atoms with E-state index < -0.39 is 5.79 Å². The maximum absolute atomic E-state index is 11.2. The number of rotatable bonds is 3. The molecule has 0 saturated carbocycles. The lowest BCUT2D eigenvalue weighted by atomic mass is 9.96. The van der Waals surface area contributed by atoms with Crippen LogP contribution in [0.4, 0.5) is 0 Å². The Morgan fingerprint density at radius 1 is 1.57 bits per heavy atom. The van der Waals surface area contributed by atoms with E-state index in [2.05, 4.69) is 5.32 Å². The molecule has 1 amide bonds. The van der Waals surface area contributed by atoms with Crippen LogP contribution >= 0.6 is 0 Å². The second kappa shape index (κ2) is 4.72. The van der Waals surface area contributed by atoms with E-state index in [1.807, 2.05) is 0 Å². The number of amides is 1. The first-order valence-corrected chi connectivity index (χ1v) is 4.66. The molecule has 0 spiro atoms. The van der Waals surface area contributed by atoms with Gasteiger partial charge in [0.2, 0.25) is 5.91 Å². The van der Waals surface area contributed by atoms with Crippen LogP contribution < -0.4 is 5.32 Å². The van der Waals surface area contributed by atoms with Gasteiger partial charge in [0.05, 0.1) is 12.5 Å². The summed E-state index contributed by atoms with van der Waals surface area (Å²) in [6, 6.07) is 0. The quantitative estimate of drug-likeness (QED) is 0.606. The van der Waals surface area contributed by atoms with Gasteiger partial charge in [-0.15, -0.1) is 0 Å². The second-order valence-corrected chi connectivity index (χ2v) is 3.40. The molecular weight excluding hydrogens is 186 g/mol. The molecule has 1 aliphatic rings. The monoisotopic (exact) mass is 203 g/mol. The van der Waals surface area contributed by atoms with Crippen molar-refractivity contribution in [3.63, 3.8) is 0 Å².